The van der Waals surface area contributed by atoms with E-state index in [9.17, 15) is 23.2 Å². The van der Waals surface area contributed by atoms with Gasteiger partial charge in [-0.05, 0) is 67.1 Å². The Bertz CT molecular complexity index is 1160. The monoisotopic (exact) mass is 406 g/mol. The topological polar surface area (TPSA) is 66.5 Å². The molecule has 1 heterocycles. The number of anilines is 1. The van der Waals surface area contributed by atoms with Crippen LogP contribution in [0.5, 0.6) is 0 Å². The molecule has 3 amide bonds. The molecule has 0 saturated carbocycles. The first-order valence-electron chi connectivity index (χ1n) is 9.20. The van der Waals surface area contributed by atoms with Gasteiger partial charge in [0.05, 0.1) is 22.9 Å². The SMILES string of the molecule is C[C@@H](NC(=O)c1ccc2c(c1)C(=O)N(c1ccc(F)cc1)C2=O)c1ccc(F)cc1. The molecule has 0 spiro atoms. The minimum absolute atomic E-state index is 0.103. The number of carbonyl (C=O) groups excluding carboxylic acids is 3. The van der Waals surface area contributed by atoms with E-state index in [-0.39, 0.29) is 34.2 Å². The number of hydrogen-bond acceptors (Lipinski definition) is 3. The molecule has 4 rings (SSSR count). The Morgan fingerprint density at radius 2 is 1.40 bits per heavy atom. The van der Waals surface area contributed by atoms with Crippen molar-refractivity contribution in [1.82, 2.24) is 5.32 Å². The van der Waals surface area contributed by atoms with E-state index in [0.717, 1.165) is 22.6 Å². The van der Waals surface area contributed by atoms with E-state index >= 15 is 0 Å². The van der Waals surface area contributed by atoms with Crippen LogP contribution >= 0.6 is 0 Å². The first-order chi connectivity index (χ1) is 14.3. The Labute approximate surface area is 170 Å². The second-order valence-corrected chi connectivity index (χ2v) is 6.93. The fourth-order valence-electron chi connectivity index (χ4n) is 3.32. The summed E-state index contributed by atoms with van der Waals surface area (Å²) in [6.07, 6.45) is 0. The largest absolute Gasteiger partial charge is 0.346 e. The summed E-state index contributed by atoms with van der Waals surface area (Å²) in [5.74, 6) is -2.40. The number of nitrogens with zero attached hydrogens (tertiary/aromatic N) is 1. The van der Waals surface area contributed by atoms with Crippen molar-refractivity contribution in [1.29, 1.82) is 0 Å². The van der Waals surface area contributed by atoms with Gasteiger partial charge in [-0.15, -0.1) is 0 Å². The Balaban J connectivity index is 1.57. The summed E-state index contributed by atoms with van der Waals surface area (Å²) in [5, 5.41) is 2.79. The van der Waals surface area contributed by atoms with Crippen LogP contribution in [-0.2, 0) is 0 Å². The number of carbonyl (C=O) groups is 3. The lowest BCUT2D eigenvalue weighted by atomic mass is 10.0. The number of amides is 3. The maximum absolute atomic E-state index is 13.2. The fraction of sp³-hybridized carbons (Fsp3) is 0.0870. The number of hydrogen-bond donors (Lipinski definition) is 1. The maximum Gasteiger partial charge on any atom is 0.266 e. The molecule has 5 nitrogen and oxygen atoms in total. The number of halogens is 2. The summed E-state index contributed by atoms with van der Waals surface area (Å²) in [4.78, 5) is 39.0. The third-order valence-corrected chi connectivity index (χ3v) is 4.95. The van der Waals surface area contributed by atoms with Gasteiger partial charge in [0.2, 0.25) is 0 Å². The van der Waals surface area contributed by atoms with Gasteiger partial charge < -0.3 is 5.32 Å². The van der Waals surface area contributed by atoms with Crippen LogP contribution in [0.4, 0.5) is 14.5 Å². The molecule has 0 bridgehead atoms. The van der Waals surface area contributed by atoms with Crippen LogP contribution < -0.4 is 10.2 Å². The van der Waals surface area contributed by atoms with Crippen molar-refractivity contribution in [3.8, 4) is 0 Å². The van der Waals surface area contributed by atoms with Crippen LogP contribution in [0.1, 0.15) is 49.6 Å². The Morgan fingerprint density at radius 3 is 2.03 bits per heavy atom. The first-order valence-corrected chi connectivity index (χ1v) is 9.20. The van der Waals surface area contributed by atoms with E-state index in [2.05, 4.69) is 5.32 Å². The molecule has 150 valence electrons. The van der Waals surface area contributed by atoms with Crippen molar-refractivity contribution in [2.75, 3.05) is 4.90 Å². The average molecular weight is 406 g/mol. The highest BCUT2D eigenvalue weighted by Crippen LogP contribution is 2.29. The van der Waals surface area contributed by atoms with E-state index < -0.39 is 23.5 Å². The van der Waals surface area contributed by atoms with Gasteiger partial charge in [-0.2, -0.15) is 0 Å². The maximum atomic E-state index is 13.2. The molecule has 3 aromatic carbocycles. The van der Waals surface area contributed by atoms with Crippen molar-refractivity contribution < 1.29 is 23.2 Å². The normalized spacial score (nSPS) is 13.9. The molecular weight excluding hydrogens is 390 g/mol. The predicted molar refractivity (Wildman–Crippen MR) is 106 cm³/mol. The van der Waals surface area contributed by atoms with E-state index in [1.54, 1.807) is 19.1 Å². The standard InChI is InChI=1S/C23H16F2N2O3/c1-13(14-2-5-16(24)6-3-14)26-21(28)15-4-11-19-20(12-15)23(30)27(22(19)29)18-9-7-17(25)8-10-18/h2-13H,1H3,(H,26,28)/t13-/m1/s1. The summed E-state index contributed by atoms with van der Waals surface area (Å²) in [6.45, 7) is 1.75. The van der Waals surface area contributed by atoms with Crippen LogP contribution in [-0.4, -0.2) is 17.7 Å². The van der Waals surface area contributed by atoms with Crippen LogP contribution in [0, 0.1) is 11.6 Å². The van der Waals surface area contributed by atoms with Crippen molar-refractivity contribution in [2.45, 2.75) is 13.0 Å². The van der Waals surface area contributed by atoms with E-state index in [0.29, 0.717) is 0 Å². The summed E-state index contributed by atoms with van der Waals surface area (Å²) in [5.41, 5.74) is 1.46. The first kappa shape index (κ1) is 19.4. The molecular formula is C23H16F2N2O3. The van der Waals surface area contributed by atoms with E-state index in [4.69, 9.17) is 0 Å². The van der Waals surface area contributed by atoms with Crippen molar-refractivity contribution in [3.05, 3.63) is 101 Å². The second-order valence-electron chi connectivity index (χ2n) is 6.93. The zero-order valence-corrected chi connectivity index (χ0v) is 15.9. The third kappa shape index (κ3) is 3.45. The van der Waals surface area contributed by atoms with Gasteiger partial charge in [0.1, 0.15) is 11.6 Å². The number of rotatable bonds is 4. The number of nitrogens with one attached hydrogen (secondary N) is 1. The zero-order chi connectivity index (χ0) is 21.4. The molecule has 3 aromatic rings. The molecule has 0 radical (unpaired) electrons. The second kappa shape index (κ2) is 7.51. The summed E-state index contributed by atoms with van der Waals surface area (Å²) in [6, 6.07) is 14.6. The summed E-state index contributed by atoms with van der Waals surface area (Å²) in [7, 11) is 0. The summed E-state index contributed by atoms with van der Waals surface area (Å²) < 4.78 is 26.2. The lowest BCUT2D eigenvalue weighted by Gasteiger charge is -2.14. The van der Waals surface area contributed by atoms with E-state index in [1.165, 1.54) is 42.5 Å². The van der Waals surface area contributed by atoms with Crippen LogP contribution in [0.15, 0.2) is 66.7 Å². The van der Waals surface area contributed by atoms with Gasteiger partial charge in [0.25, 0.3) is 17.7 Å². The molecule has 1 atom stereocenters. The molecule has 0 unspecified atom stereocenters. The molecule has 0 fully saturated rings. The minimum Gasteiger partial charge on any atom is -0.346 e. The highest BCUT2D eigenvalue weighted by molar-refractivity contribution is 6.34. The molecule has 1 N–H and O–H groups in total. The fourth-order valence-corrected chi connectivity index (χ4v) is 3.32. The molecule has 7 heteroatoms. The lowest BCUT2D eigenvalue weighted by molar-refractivity contribution is 0.0921. The number of fused-ring (bicyclic) bond motifs is 1. The van der Waals surface area contributed by atoms with Crippen LogP contribution in [0.25, 0.3) is 0 Å². The highest BCUT2D eigenvalue weighted by Gasteiger charge is 2.37. The highest BCUT2D eigenvalue weighted by atomic mass is 19.1. The van der Waals surface area contributed by atoms with Gasteiger partial charge in [-0.1, -0.05) is 12.1 Å². The molecule has 1 aliphatic rings. The molecule has 0 aromatic heterocycles. The minimum atomic E-state index is -0.581. The van der Waals surface area contributed by atoms with Crippen molar-refractivity contribution >= 4 is 23.4 Å². The van der Waals surface area contributed by atoms with Gasteiger partial charge in [-0.3, -0.25) is 14.4 Å². The number of benzene rings is 3. The average Bonchev–Trinajstić information content (AvgIpc) is 2.99. The molecule has 0 aliphatic carbocycles. The third-order valence-electron chi connectivity index (χ3n) is 4.95. The lowest BCUT2D eigenvalue weighted by Crippen LogP contribution is -2.29. The van der Waals surface area contributed by atoms with Gasteiger partial charge in [0, 0.05) is 5.56 Å². The van der Waals surface area contributed by atoms with Gasteiger partial charge in [0.15, 0.2) is 0 Å². The molecule has 1 aliphatic heterocycles. The Kier molecular flexibility index (Phi) is 4.87. The zero-order valence-electron chi connectivity index (χ0n) is 15.9. The smallest absolute Gasteiger partial charge is 0.266 e. The van der Waals surface area contributed by atoms with Crippen LogP contribution in [0.3, 0.4) is 0 Å². The number of imide groups is 1. The van der Waals surface area contributed by atoms with Crippen molar-refractivity contribution in [3.63, 3.8) is 0 Å². The van der Waals surface area contributed by atoms with Gasteiger partial charge >= 0.3 is 0 Å². The van der Waals surface area contributed by atoms with Crippen molar-refractivity contribution in [2.24, 2.45) is 0 Å². The Morgan fingerprint density at radius 1 is 0.833 bits per heavy atom. The molecule has 30 heavy (non-hydrogen) atoms. The van der Waals surface area contributed by atoms with Crippen LogP contribution in [0.2, 0.25) is 0 Å². The van der Waals surface area contributed by atoms with E-state index in [1.807, 2.05) is 0 Å². The Hall–Kier alpha value is -3.87. The van der Waals surface area contributed by atoms with Gasteiger partial charge in [-0.25, -0.2) is 13.7 Å². The molecule has 0 saturated heterocycles. The predicted octanol–water partition coefficient (Wildman–Crippen LogP) is 4.26. The summed E-state index contributed by atoms with van der Waals surface area (Å²) >= 11 is 0. The quantitative estimate of drug-likeness (QED) is 0.659.